The number of methoxy groups -OCH3 is 1. The monoisotopic (exact) mass is 498 g/mol. The number of amides is 2. The minimum Gasteiger partial charge on any atom is -0.497 e. The summed E-state index contributed by atoms with van der Waals surface area (Å²) in [7, 11) is 3.22. The molecule has 3 N–H and O–H groups in total. The first kappa shape index (κ1) is 24.2. The maximum absolute atomic E-state index is 13.2. The number of rotatable bonds is 8. The van der Waals surface area contributed by atoms with E-state index < -0.39 is 6.10 Å². The Kier molecular flexibility index (Phi) is 6.98. The number of carbonyl (C=O) groups is 2. The maximum atomic E-state index is 13.2. The van der Waals surface area contributed by atoms with E-state index in [2.05, 4.69) is 21.7 Å². The molecule has 3 aromatic carbocycles. The number of para-hydroxylation sites is 3. The zero-order chi connectivity index (χ0) is 25.8. The summed E-state index contributed by atoms with van der Waals surface area (Å²) in [6.45, 7) is 0.809. The third-order valence-corrected chi connectivity index (χ3v) is 6.75. The lowest BCUT2D eigenvalue weighted by Gasteiger charge is -2.35. The Morgan fingerprint density at radius 1 is 1.08 bits per heavy atom. The summed E-state index contributed by atoms with van der Waals surface area (Å²) >= 11 is 0. The Balaban J connectivity index is 1.36. The lowest BCUT2D eigenvalue weighted by atomic mass is 9.90. The number of anilines is 1. The van der Waals surface area contributed by atoms with Gasteiger partial charge < -0.3 is 30.0 Å². The molecular weight excluding hydrogens is 468 g/mol. The summed E-state index contributed by atoms with van der Waals surface area (Å²) in [5, 5.41) is 6.88. The van der Waals surface area contributed by atoms with Gasteiger partial charge in [0.15, 0.2) is 6.10 Å². The van der Waals surface area contributed by atoms with Crippen molar-refractivity contribution in [3.05, 3.63) is 90.1 Å². The Hall–Kier alpha value is -4.46. The number of hydrogen-bond donors (Lipinski definition) is 3. The van der Waals surface area contributed by atoms with Crippen LogP contribution < -0.4 is 25.0 Å². The van der Waals surface area contributed by atoms with Gasteiger partial charge in [-0.05, 0) is 41.5 Å². The number of ether oxygens (including phenoxy) is 2. The summed E-state index contributed by atoms with van der Waals surface area (Å²) in [5.74, 6) is 0.943. The molecule has 0 fully saturated rings. The molecule has 0 aliphatic carbocycles. The highest BCUT2D eigenvalue weighted by molar-refractivity contribution is 5.87. The molecule has 8 heteroatoms. The van der Waals surface area contributed by atoms with Crippen molar-refractivity contribution < 1.29 is 19.1 Å². The van der Waals surface area contributed by atoms with Gasteiger partial charge in [0.2, 0.25) is 5.91 Å². The molecule has 4 aromatic rings. The van der Waals surface area contributed by atoms with Crippen LogP contribution >= 0.6 is 0 Å². The van der Waals surface area contributed by atoms with Crippen LogP contribution in [0.2, 0.25) is 0 Å². The minimum absolute atomic E-state index is 0.0680. The van der Waals surface area contributed by atoms with Crippen LogP contribution in [0.5, 0.6) is 11.5 Å². The van der Waals surface area contributed by atoms with E-state index in [-0.39, 0.29) is 30.8 Å². The first-order valence-corrected chi connectivity index (χ1v) is 12.3. The van der Waals surface area contributed by atoms with E-state index in [1.165, 1.54) is 0 Å². The molecular formula is C29H30N4O4. The van der Waals surface area contributed by atoms with E-state index in [4.69, 9.17) is 9.47 Å². The van der Waals surface area contributed by atoms with E-state index in [1.807, 2.05) is 77.8 Å². The molecule has 190 valence electrons. The van der Waals surface area contributed by atoms with Crippen LogP contribution in [0.15, 0.2) is 79.0 Å². The van der Waals surface area contributed by atoms with Crippen molar-refractivity contribution in [1.82, 2.24) is 15.6 Å². The normalized spacial score (nSPS) is 15.4. The molecule has 37 heavy (non-hydrogen) atoms. The zero-order valence-corrected chi connectivity index (χ0v) is 20.9. The van der Waals surface area contributed by atoms with E-state index >= 15 is 0 Å². The molecule has 2 atom stereocenters. The number of aromatic nitrogens is 1. The SMILES string of the molecule is CNC(=O)[C@H]1CN(CC(=O)NC[C@H](c2ccc(OC)cc2)c2c[nH]c3ccccc23)c2ccccc2O1. The van der Waals surface area contributed by atoms with Crippen molar-refractivity contribution in [2.45, 2.75) is 12.0 Å². The summed E-state index contributed by atoms with van der Waals surface area (Å²) in [4.78, 5) is 30.7. The number of benzene rings is 3. The predicted molar refractivity (Wildman–Crippen MR) is 143 cm³/mol. The maximum Gasteiger partial charge on any atom is 0.262 e. The van der Waals surface area contributed by atoms with Gasteiger partial charge in [0.1, 0.15) is 11.5 Å². The molecule has 8 nitrogen and oxygen atoms in total. The van der Waals surface area contributed by atoms with Crippen molar-refractivity contribution in [3.63, 3.8) is 0 Å². The van der Waals surface area contributed by atoms with Crippen LogP contribution in [0.3, 0.4) is 0 Å². The molecule has 0 radical (unpaired) electrons. The smallest absolute Gasteiger partial charge is 0.262 e. The average molecular weight is 499 g/mol. The molecule has 2 amide bonds. The Morgan fingerprint density at radius 2 is 1.84 bits per heavy atom. The standard InChI is InChI=1S/C29H30N4O4/c1-30-29(35)27-17-33(25-9-5-6-10-26(25)37-27)18-28(34)32-15-22(19-11-13-20(36-2)14-12-19)23-16-31-24-8-4-3-7-21(23)24/h3-14,16,22,27,31H,15,17-18H2,1-2H3,(H,30,35)(H,32,34)/t22-,27-/m1/s1. The van der Waals surface area contributed by atoms with Gasteiger partial charge in [0, 0.05) is 36.6 Å². The number of nitrogens with zero attached hydrogens (tertiary/aromatic N) is 1. The van der Waals surface area contributed by atoms with Gasteiger partial charge in [-0.3, -0.25) is 9.59 Å². The van der Waals surface area contributed by atoms with Crippen molar-refractivity contribution in [2.24, 2.45) is 0 Å². The highest BCUT2D eigenvalue weighted by atomic mass is 16.5. The topological polar surface area (TPSA) is 95.7 Å². The Bertz CT molecular complexity index is 1400. The molecule has 0 saturated heterocycles. The van der Waals surface area contributed by atoms with Gasteiger partial charge in [-0.15, -0.1) is 0 Å². The van der Waals surface area contributed by atoms with Crippen molar-refractivity contribution in [3.8, 4) is 11.5 Å². The number of aromatic amines is 1. The zero-order valence-electron chi connectivity index (χ0n) is 20.9. The van der Waals surface area contributed by atoms with Crippen LogP contribution in [-0.4, -0.2) is 56.7 Å². The highest BCUT2D eigenvalue weighted by Crippen LogP contribution is 2.34. The first-order valence-electron chi connectivity index (χ1n) is 12.3. The van der Waals surface area contributed by atoms with Crippen LogP contribution in [0.4, 0.5) is 5.69 Å². The third-order valence-electron chi connectivity index (χ3n) is 6.75. The number of likely N-dealkylation sites (N-methyl/N-ethyl adjacent to an activating group) is 1. The number of carbonyl (C=O) groups excluding carboxylic acids is 2. The van der Waals surface area contributed by atoms with Crippen LogP contribution in [0, 0.1) is 0 Å². The number of H-pyrrole nitrogens is 1. The van der Waals surface area contributed by atoms with E-state index in [0.29, 0.717) is 12.3 Å². The number of hydrogen-bond acceptors (Lipinski definition) is 5. The third kappa shape index (κ3) is 5.09. The second-order valence-corrected chi connectivity index (χ2v) is 8.99. The molecule has 1 aliphatic heterocycles. The molecule has 0 bridgehead atoms. The lowest BCUT2D eigenvalue weighted by molar-refractivity contribution is -0.127. The Labute approximate surface area is 215 Å². The van der Waals surface area contributed by atoms with Crippen LogP contribution in [0.25, 0.3) is 10.9 Å². The van der Waals surface area contributed by atoms with Crippen molar-refractivity contribution in [2.75, 3.05) is 38.7 Å². The summed E-state index contributed by atoms with van der Waals surface area (Å²) < 4.78 is 11.2. The summed E-state index contributed by atoms with van der Waals surface area (Å²) in [6.07, 6.45) is 1.32. The quantitative estimate of drug-likeness (QED) is 0.346. The molecule has 0 saturated carbocycles. The second-order valence-electron chi connectivity index (χ2n) is 8.99. The molecule has 0 unspecified atom stereocenters. The van der Waals surface area contributed by atoms with Crippen molar-refractivity contribution >= 4 is 28.4 Å². The second kappa shape index (κ2) is 10.7. The highest BCUT2D eigenvalue weighted by Gasteiger charge is 2.31. The first-order chi connectivity index (χ1) is 18.1. The largest absolute Gasteiger partial charge is 0.497 e. The Morgan fingerprint density at radius 3 is 2.62 bits per heavy atom. The molecule has 1 aromatic heterocycles. The van der Waals surface area contributed by atoms with Crippen LogP contribution in [0.1, 0.15) is 17.0 Å². The molecule has 0 spiro atoms. The lowest BCUT2D eigenvalue weighted by Crippen LogP contribution is -2.50. The van der Waals surface area contributed by atoms with E-state index in [1.54, 1.807) is 14.2 Å². The summed E-state index contributed by atoms with van der Waals surface area (Å²) in [5.41, 5.74) is 4.02. The van der Waals surface area contributed by atoms with Gasteiger partial charge in [-0.2, -0.15) is 0 Å². The van der Waals surface area contributed by atoms with Gasteiger partial charge in [0.05, 0.1) is 25.9 Å². The molecule has 5 rings (SSSR count). The fourth-order valence-corrected chi connectivity index (χ4v) is 4.83. The fraction of sp³-hybridized carbons (Fsp3) is 0.241. The van der Waals surface area contributed by atoms with E-state index in [0.717, 1.165) is 33.5 Å². The summed E-state index contributed by atoms with van der Waals surface area (Å²) in [6, 6.07) is 23.5. The van der Waals surface area contributed by atoms with Gasteiger partial charge in [-0.25, -0.2) is 0 Å². The van der Waals surface area contributed by atoms with Crippen LogP contribution in [-0.2, 0) is 9.59 Å². The van der Waals surface area contributed by atoms with Gasteiger partial charge in [0.25, 0.3) is 5.91 Å². The minimum atomic E-state index is -0.689. The fourth-order valence-electron chi connectivity index (χ4n) is 4.83. The van der Waals surface area contributed by atoms with Gasteiger partial charge >= 0.3 is 0 Å². The van der Waals surface area contributed by atoms with Gasteiger partial charge in [-0.1, -0.05) is 42.5 Å². The number of fused-ring (bicyclic) bond motifs is 2. The van der Waals surface area contributed by atoms with Crippen molar-refractivity contribution in [1.29, 1.82) is 0 Å². The predicted octanol–water partition coefficient (Wildman–Crippen LogP) is 3.44. The molecule has 1 aliphatic rings. The molecule has 2 heterocycles. The average Bonchev–Trinajstić information content (AvgIpc) is 3.37. The number of nitrogens with one attached hydrogen (secondary N) is 3. The van der Waals surface area contributed by atoms with E-state index in [9.17, 15) is 9.59 Å².